The maximum atomic E-state index is 9.66. The molecule has 0 spiro atoms. The highest BCUT2D eigenvalue weighted by atomic mass is 16.3. The minimum absolute atomic E-state index is 0.188. The van der Waals surface area contributed by atoms with E-state index in [0.717, 1.165) is 45.3 Å². The molecule has 2 aromatic rings. The zero-order chi connectivity index (χ0) is 21.1. The monoisotopic (exact) mass is 359 g/mol. The van der Waals surface area contributed by atoms with E-state index in [9.17, 15) is 10.2 Å². The normalized spacial score (nSPS) is 12.5. The van der Waals surface area contributed by atoms with E-state index in [4.69, 9.17) is 4.11 Å². The van der Waals surface area contributed by atoms with Crippen molar-refractivity contribution in [1.29, 1.82) is 0 Å². The smallest absolute Gasteiger partial charge is 0.157 e. The van der Waals surface area contributed by atoms with Crippen LogP contribution in [0.1, 0.15) is 40.9 Å². The van der Waals surface area contributed by atoms with Gasteiger partial charge in [-0.05, 0) is 75.1 Å². The van der Waals surface area contributed by atoms with E-state index in [1.807, 2.05) is 6.07 Å². The molecule has 0 aromatic heterocycles. The molecule has 4 N–H and O–H groups in total. The van der Waals surface area contributed by atoms with Crippen molar-refractivity contribution in [3.8, 4) is 11.5 Å². The molecule has 0 saturated carbocycles. The van der Waals surface area contributed by atoms with E-state index in [-0.39, 0.29) is 12.1 Å². The minimum atomic E-state index is -0.689. The van der Waals surface area contributed by atoms with Crippen LogP contribution in [0.4, 0.5) is 0 Å². The molecule has 4 heteroatoms. The van der Waals surface area contributed by atoms with Crippen LogP contribution in [0, 0.1) is 0 Å². The van der Waals surface area contributed by atoms with E-state index in [2.05, 4.69) is 34.9 Å². The van der Waals surface area contributed by atoms with Crippen molar-refractivity contribution in [2.45, 2.75) is 38.5 Å². The van der Waals surface area contributed by atoms with Crippen LogP contribution in [-0.2, 0) is 12.8 Å². The summed E-state index contributed by atoms with van der Waals surface area (Å²) in [6, 6.07) is 9.62. The molecule has 4 nitrogen and oxygen atoms in total. The van der Waals surface area contributed by atoms with Gasteiger partial charge in [-0.3, -0.25) is 0 Å². The molecule has 0 fully saturated rings. The van der Waals surface area contributed by atoms with Crippen LogP contribution in [0.5, 0.6) is 11.5 Å². The van der Waals surface area contributed by atoms with Crippen LogP contribution in [0.3, 0.4) is 0 Å². The number of hydrogen-bond donors (Lipinski definition) is 4. The Morgan fingerprint density at radius 2 is 1.31 bits per heavy atom. The molecule has 0 amide bonds. The van der Waals surface area contributed by atoms with Gasteiger partial charge in [-0.2, -0.15) is 0 Å². The lowest BCUT2D eigenvalue weighted by atomic mass is 10.1. The molecular formula is C22H32N2O2. The summed E-state index contributed by atoms with van der Waals surface area (Å²) in [5.74, 6) is -1.30. The number of nitrogens with one attached hydrogen (secondary N) is 2. The Morgan fingerprint density at radius 1 is 0.692 bits per heavy atom. The molecule has 2 aromatic carbocycles. The van der Waals surface area contributed by atoms with Gasteiger partial charge >= 0.3 is 0 Å². The predicted molar refractivity (Wildman–Crippen MR) is 108 cm³/mol. The number of phenols is 2. The Kier molecular flexibility index (Phi) is 7.67. The number of rotatable bonds is 13. The maximum absolute atomic E-state index is 9.66. The van der Waals surface area contributed by atoms with Gasteiger partial charge in [0.1, 0.15) is 0 Å². The van der Waals surface area contributed by atoms with Crippen LogP contribution in [0.2, 0.25) is 0 Å². The lowest BCUT2D eigenvalue weighted by Crippen LogP contribution is -2.19. The van der Waals surface area contributed by atoms with Gasteiger partial charge in [0, 0.05) is 0 Å². The average Bonchev–Trinajstić information content (AvgIpc) is 2.74. The Morgan fingerprint density at radius 3 is 1.96 bits per heavy atom. The maximum Gasteiger partial charge on any atom is 0.157 e. The first-order valence-electron chi connectivity index (χ1n) is 11.0. The third-order valence-electron chi connectivity index (χ3n) is 4.27. The second-order valence-electron chi connectivity index (χ2n) is 6.45. The largest absolute Gasteiger partial charge is 0.504 e. The highest BCUT2D eigenvalue weighted by Gasteiger charge is 2.00. The first kappa shape index (κ1) is 16.2. The van der Waals surface area contributed by atoms with E-state index in [0.29, 0.717) is 18.5 Å². The molecule has 2 rings (SSSR count). The van der Waals surface area contributed by atoms with Crippen molar-refractivity contribution < 1.29 is 14.3 Å². The summed E-state index contributed by atoms with van der Waals surface area (Å²) in [5, 5.41) is 25.9. The zero-order valence-electron chi connectivity index (χ0n) is 18.4. The first-order chi connectivity index (χ1) is 14.0. The highest BCUT2D eigenvalue weighted by molar-refractivity contribution is 5.40. The summed E-state index contributed by atoms with van der Waals surface area (Å²) in [4.78, 5) is 0. The third-order valence-corrected chi connectivity index (χ3v) is 4.27. The van der Waals surface area contributed by atoms with Crippen molar-refractivity contribution in [2.24, 2.45) is 0 Å². The number of benzene rings is 2. The SMILES string of the molecule is [2H]c1c([2H])c(CCNCCCCCCNCCc2ccccc2)c([2H])c(O)c1O. The minimum Gasteiger partial charge on any atom is -0.504 e. The van der Waals surface area contributed by atoms with E-state index >= 15 is 0 Å². The molecule has 0 atom stereocenters. The van der Waals surface area contributed by atoms with Crippen LogP contribution < -0.4 is 10.6 Å². The van der Waals surface area contributed by atoms with Crippen molar-refractivity contribution in [3.63, 3.8) is 0 Å². The second kappa shape index (κ2) is 12.3. The molecule has 0 bridgehead atoms. The Hall–Kier alpha value is -2.04. The Bertz CT molecular complexity index is 728. The summed E-state index contributed by atoms with van der Waals surface area (Å²) in [5.41, 5.74) is 1.65. The van der Waals surface area contributed by atoms with Crippen molar-refractivity contribution in [3.05, 3.63) is 59.6 Å². The van der Waals surface area contributed by atoms with Gasteiger partial charge in [-0.25, -0.2) is 0 Å². The summed E-state index contributed by atoms with van der Waals surface area (Å²) < 4.78 is 23.3. The molecule has 0 aliphatic heterocycles. The van der Waals surface area contributed by atoms with Gasteiger partial charge in [0.2, 0.25) is 0 Å². The molecule has 0 radical (unpaired) electrons. The number of hydrogen-bond acceptors (Lipinski definition) is 4. The average molecular weight is 360 g/mol. The number of aromatic hydroxyl groups is 2. The lowest BCUT2D eigenvalue weighted by molar-refractivity contribution is 0.403. The molecule has 0 heterocycles. The van der Waals surface area contributed by atoms with Gasteiger partial charge in [0.05, 0.1) is 4.11 Å². The molecule has 26 heavy (non-hydrogen) atoms. The molecule has 0 aliphatic rings. The Balaban J connectivity index is 1.49. The van der Waals surface area contributed by atoms with Crippen LogP contribution in [0.15, 0.2) is 48.5 Å². The summed E-state index contributed by atoms with van der Waals surface area (Å²) >= 11 is 0. The van der Waals surface area contributed by atoms with E-state index < -0.39 is 17.5 Å². The number of unbranched alkanes of at least 4 members (excludes halogenated alkanes) is 3. The van der Waals surface area contributed by atoms with Crippen LogP contribution in [0.25, 0.3) is 0 Å². The van der Waals surface area contributed by atoms with Crippen LogP contribution in [-0.4, -0.2) is 36.4 Å². The summed E-state index contributed by atoms with van der Waals surface area (Å²) in [7, 11) is 0. The summed E-state index contributed by atoms with van der Waals surface area (Å²) in [6.45, 7) is 3.48. The highest BCUT2D eigenvalue weighted by Crippen LogP contribution is 2.24. The molecule has 0 aliphatic carbocycles. The van der Waals surface area contributed by atoms with Gasteiger partial charge in [-0.1, -0.05) is 49.2 Å². The van der Waals surface area contributed by atoms with Crippen molar-refractivity contribution >= 4 is 0 Å². The molecular weight excluding hydrogens is 324 g/mol. The Labute approximate surface area is 161 Å². The summed E-state index contributed by atoms with van der Waals surface area (Å²) in [6.07, 6.45) is 6.00. The molecule has 0 saturated heterocycles. The van der Waals surface area contributed by atoms with Gasteiger partial charge < -0.3 is 20.8 Å². The molecule has 142 valence electrons. The fourth-order valence-electron chi connectivity index (χ4n) is 2.75. The fraction of sp³-hybridized carbons (Fsp3) is 0.455. The van der Waals surface area contributed by atoms with Crippen molar-refractivity contribution in [2.75, 3.05) is 26.2 Å². The van der Waals surface area contributed by atoms with Crippen molar-refractivity contribution in [1.82, 2.24) is 10.6 Å². The third kappa shape index (κ3) is 8.37. The zero-order valence-corrected chi connectivity index (χ0v) is 15.4. The van der Waals surface area contributed by atoms with Gasteiger partial charge in [-0.15, -0.1) is 0 Å². The van der Waals surface area contributed by atoms with Gasteiger partial charge in [0.15, 0.2) is 11.5 Å². The fourth-order valence-corrected chi connectivity index (χ4v) is 2.75. The first-order valence-corrected chi connectivity index (χ1v) is 9.48. The lowest BCUT2D eigenvalue weighted by Gasteiger charge is -2.07. The molecule has 0 unspecified atom stereocenters. The topological polar surface area (TPSA) is 64.5 Å². The quantitative estimate of drug-likeness (QED) is 0.326. The second-order valence-corrected chi connectivity index (χ2v) is 6.45. The van der Waals surface area contributed by atoms with E-state index in [1.54, 1.807) is 0 Å². The van der Waals surface area contributed by atoms with Crippen LogP contribution >= 0.6 is 0 Å². The van der Waals surface area contributed by atoms with E-state index in [1.165, 1.54) is 12.0 Å². The van der Waals surface area contributed by atoms with Gasteiger partial charge in [0.25, 0.3) is 0 Å². The number of phenolic OH excluding ortho intramolecular Hbond substituents is 2. The predicted octanol–water partition coefficient (Wildman–Crippen LogP) is 3.62. The standard InChI is InChI=1S/C22H32N2O2/c25-21-11-10-20(18-22(21)26)13-17-24-15-7-2-1-6-14-23-16-12-19-8-4-3-5-9-19/h3-5,8-11,18,23-26H,1-2,6-7,12-17H2/i10D,11D,18D.